The molecule has 0 fully saturated rings. The van der Waals surface area contributed by atoms with E-state index in [1.54, 1.807) is 11.8 Å². The Labute approximate surface area is 174 Å². The predicted molar refractivity (Wildman–Crippen MR) is 115 cm³/mol. The first-order valence-electron chi connectivity index (χ1n) is 9.78. The van der Waals surface area contributed by atoms with E-state index >= 15 is 0 Å². The molecule has 0 bridgehead atoms. The van der Waals surface area contributed by atoms with Gasteiger partial charge in [-0.25, -0.2) is 4.68 Å². The monoisotopic (exact) mass is 402 g/mol. The molecule has 2 aromatic carbocycles. The Balaban J connectivity index is 1.35. The lowest BCUT2D eigenvalue weighted by atomic mass is 10.1. The summed E-state index contributed by atoms with van der Waals surface area (Å²) < 4.78 is 1.92. The number of carbonyl (C=O) groups is 1. The third-order valence-corrected chi connectivity index (χ3v) is 6.08. The van der Waals surface area contributed by atoms with E-state index in [1.165, 1.54) is 0 Å². The molecule has 0 unspecified atom stereocenters. The van der Waals surface area contributed by atoms with Gasteiger partial charge in [0.15, 0.2) is 5.69 Å². The van der Waals surface area contributed by atoms with Gasteiger partial charge in [0, 0.05) is 29.3 Å². The summed E-state index contributed by atoms with van der Waals surface area (Å²) in [5.74, 6) is 1.45. The highest BCUT2D eigenvalue weighted by Crippen LogP contribution is 2.27. The standard InChI is InChI=1S/C23H22N4OS/c24-15-17-7-4-5-8-18(17)16-29-14-13-25-23(28)22-20-11-6-12-21(20)27(26-22)19-9-2-1-3-10-19/h1-5,7-10H,6,11-14,16H2,(H,25,28). The van der Waals surface area contributed by atoms with Crippen LogP contribution in [-0.4, -0.2) is 28.0 Å². The second-order valence-corrected chi connectivity index (χ2v) is 8.06. The molecule has 4 rings (SSSR count). The fourth-order valence-corrected chi connectivity index (χ4v) is 4.52. The number of nitrogens with one attached hydrogen (secondary N) is 1. The molecule has 0 saturated carbocycles. The zero-order valence-corrected chi connectivity index (χ0v) is 16.9. The van der Waals surface area contributed by atoms with E-state index in [0.717, 1.165) is 53.3 Å². The Kier molecular flexibility index (Phi) is 5.97. The quantitative estimate of drug-likeness (QED) is 0.609. The summed E-state index contributed by atoms with van der Waals surface area (Å²) in [7, 11) is 0. The molecule has 3 aromatic rings. The first-order valence-corrected chi connectivity index (χ1v) is 10.9. The van der Waals surface area contributed by atoms with Crippen molar-refractivity contribution in [3.05, 3.63) is 82.7 Å². The molecule has 0 saturated heterocycles. The molecule has 5 nitrogen and oxygen atoms in total. The molecule has 1 aliphatic rings. The summed E-state index contributed by atoms with van der Waals surface area (Å²) in [5.41, 5.74) is 5.54. The Morgan fingerprint density at radius 3 is 2.76 bits per heavy atom. The molecule has 0 aliphatic heterocycles. The molecular formula is C23H22N4OS. The lowest BCUT2D eigenvalue weighted by Crippen LogP contribution is -2.27. The number of nitriles is 1. The maximum Gasteiger partial charge on any atom is 0.272 e. The van der Waals surface area contributed by atoms with Crippen molar-refractivity contribution in [1.29, 1.82) is 5.26 Å². The molecule has 1 N–H and O–H groups in total. The highest BCUT2D eigenvalue weighted by Gasteiger charge is 2.26. The molecule has 1 amide bonds. The Hall–Kier alpha value is -3.04. The van der Waals surface area contributed by atoms with Gasteiger partial charge in [0.05, 0.1) is 17.3 Å². The van der Waals surface area contributed by atoms with Gasteiger partial charge in [-0.15, -0.1) is 0 Å². The molecule has 29 heavy (non-hydrogen) atoms. The van der Waals surface area contributed by atoms with Gasteiger partial charge in [0.1, 0.15) is 0 Å². The average Bonchev–Trinajstić information content (AvgIpc) is 3.37. The van der Waals surface area contributed by atoms with E-state index in [0.29, 0.717) is 17.8 Å². The van der Waals surface area contributed by atoms with Crippen molar-refractivity contribution >= 4 is 17.7 Å². The van der Waals surface area contributed by atoms with E-state index in [1.807, 2.05) is 59.3 Å². The molecule has 1 aliphatic carbocycles. The highest BCUT2D eigenvalue weighted by atomic mass is 32.2. The molecule has 1 aromatic heterocycles. The molecule has 6 heteroatoms. The fourth-order valence-electron chi connectivity index (χ4n) is 3.66. The first kappa shape index (κ1) is 19.3. The summed E-state index contributed by atoms with van der Waals surface area (Å²) >= 11 is 1.71. The van der Waals surface area contributed by atoms with Crippen LogP contribution in [-0.2, 0) is 18.6 Å². The lowest BCUT2D eigenvalue weighted by molar-refractivity contribution is 0.0950. The topological polar surface area (TPSA) is 70.7 Å². The minimum Gasteiger partial charge on any atom is -0.350 e. The maximum atomic E-state index is 12.7. The van der Waals surface area contributed by atoms with Gasteiger partial charge in [-0.2, -0.15) is 22.1 Å². The highest BCUT2D eigenvalue weighted by molar-refractivity contribution is 7.98. The van der Waals surface area contributed by atoms with Gasteiger partial charge < -0.3 is 5.32 Å². The molecular weight excluding hydrogens is 380 g/mol. The summed E-state index contributed by atoms with van der Waals surface area (Å²) in [5, 5.41) is 16.8. The van der Waals surface area contributed by atoms with Crippen LogP contribution in [0.2, 0.25) is 0 Å². The number of hydrogen-bond acceptors (Lipinski definition) is 4. The largest absolute Gasteiger partial charge is 0.350 e. The van der Waals surface area contributed by atoms with Crippen LogP contribution in [0.15, 0.2) is 54.6 Å². The van der Waals surface area contributed by atoms with Gasteiger partial charge in [0.25, 0.3) is 5.91 Å². The Morgan fingerprint density at radius 2 is 1.93 bits per heavy atom. The summed E-state index contributed by atoms with van der Waals surface area (Å²) in [4.78, 5) is 12.7. The first-order chi connectivity index (χ1) is 14.3. The van der Waals surface area contributed by atoms with E-state index in [-0.39, 0.29) is 5.91 Å². The lowest BCUT2D eigenvalue weighted by Gasteiger charge is -2.06. The minimum absolute atomic E-state index is 0.101. The van der Waals surface area contributed by atoms with Gasteiger partial charge >= 0.3 is 0 Å². The van der Waals surface area contributed by atoms with Crippen LogP contribution < -0.4 is 5.32 Å². The van der Waals surface area contributed by atoms with Crippen LogP contribution >= 0.6 is 11.8 Å². The smallest absolute Gasteiger partial charge is 0.272 e. The Morgan fingerprint density at radius 1 is 1.14 bits per heavy atom. The number of fused-ring (bicyclic) bond motifs is 1. The van der Waals surface area contributed by atoms with Crippen LogP contribution in [0, 0.1) is 11.3 Å². The van der Waals surface area contributed by atoms with Gasteiger partial charge in [-0.3, -0.25) is 4.79 Å². The number of nitrogens with zero attached hydrogens (tertiary/aromatic N) is 3. The number of aromatic nitrogens is 2. The van der Waals surface area contributed by atoms with Gasteiger partial charge in [0.2, 0.25) is 0 Å². The van der Waals surface area contributed by atoms with Gasteiger partial charge in [-0.1, -0.05) is 36.4 Å². The Bertz CT molecular complexity index is 1050. The number of thioether (sulfide) groups is 1. The SMILES string of the molecule is N#Cc1ccccc1CSCCNC(=O)c1nn(-c2ccccc2)c2c1CCC2. The number of benzene rings is 2. The maximum absolute atomic E-state index is 12.7. The average molecular weight is 403 g/mol. The molecule has 1 heterocycles. The molecule has 0 atom stereocenters. The van der Waals surface area contributed by atoms with Gasteiger partial charge in [-0.05, 0) is 43.0 Å². The second-order valence-electron chi connectivity index (χ2n) is 6.95. The van der Waals surface area contributed by atoms with Crippen molar-refractivity contribution in [2.75, 3.05) is 12.3 Å². The van der Waals surface area contributed by atoms with E-state index < -0.39 is 0 Å². The molecule has 146 valence electrons. The zero-order chi connectivity index (χ0) is 20.1. The van der Waals surface area contributed by atoms with E-state index in [4.69, 9.17) is 5.26 Å². The number of carbonyl (C=O) groups excluding carboxylic acids is 1. The summed E-state index contributed by atoms with van der Waals surface area (Å²) in [6.07, 6.45) is 2.93. The summed E-state index contributed by atoms with van der Waals surface area (Å²) in [6.45, 7) is 0.575. The number of rotatable bonds is 7. The normalized spacial score (nSPS) is 12.4. The minimum atomic E-state index is -0.101. The second kappa shape index (κ2) is 8.97. The van der Waals surface area contributed by atoms with Crippen LogP contribution in [0.4, 0.5) is 0 Å². The van der Waals surface area contributed by atoms with Crippen molar-refractivity contribution in [3.63, 3.8) is 0 Å². The van der Waals surface area contributed by atoms with Crippen LogP contribution in [0.25, 0.3) is 5.69 Å². The van der Waals surface area contributed by atoms with Crippen molar-refractivity contribution in [1.82, 2.24) is 15.1 Å². The summed E-state index contributed by atoms with van der Waals surface area (Å²) in [6, 6.07) is 19.8. The van der Waals surface area contributed by atoms with Crippen molar-refractivity contribution < 1.29 is 4.79 Å². The molecule has 0 spiro atoms. The van der Waals surface area contributed by atoms with Crippen molar-refractivity contribution in [3.8, 4) is 11.8 Å². The number of hydrogen-bond donors (Lipinski definition) is 1. The predicted octanol–water partition coefficient (Wildman–Crippen LogP) is 3.90. The van der Waals surface area contributed by atoms with E-state index in [9.17, 15) is 4.79 Å². The van der Waals surface area contributed by atoms with Crippen molar-refractivity contribution in [2.45, 2.75) is 25.0 Å². The third kappa shape index (κ3) is 4.20. The van der Waals surface area contributed by atoms with Crippen LogP contribution in [0.3, 0.4) is 0 Å². The third-order valence-electron chi connectivity index (χ3n) is 5.07. The molecule has 0 radical (unpaired) electrons. The zero-order valence-electron chi connectivity index (χ0n) is 16.1. The fraction of sp³-hybridized carbons (Fsp3) is 0.261. The van der Waals surface area contributed by atoms with Crippen LogP contribution in [0.1, 0.15) is 39.3 Å². The number of amides is 1. The number of para-hydroxylation sites is 1. The van der Waals surface area contributed by atoms with Crippen molar-refractivity contribution in [2.24, 2.45) is 0 Å². The van der Waals surface area contributed by atoms with Crippen LogP contribution in [0.5, 0.6) is 0 Å². The van der Waals surface area contributed by atoms with E-state index in [2.05, 4.69) is 16.5 Å².